The second-order valence-corrected chi connectivity index (χ2v) is 5.76. The first-order chi connectivity index (χ1) is 11.5. The lowest BCUT2D eigenvalue weighted by Gasteiger charge is -2.14. The molecule has 0 aromatic heterocycles. The molecule has 0 spiro atoms. The van der Waals surface area contributed by atoms with E-state index in [1.165, 1.54) is 6.92 Å². The third kappa shape index (κ3) is 4.69. The van der Waals surface area contributed by atoms with Gasteiger partial charge in [0.2, 0.25) is 11.8 Å². The minimum absolute atomic E-state index is 0.0297. The first kappa shape index (κ1) is 17.7. The minimum Gasteiger partial charge on any atom is -0.326 e. The highest BCUT2D eigenvalue weighted by Gasteiger charge is 2.10. The zero-order chi connectivity index (χ0) is 17.5. The van der Waals surface area contributed by atoms with E-state index in [1.807, 2.05) is 30.3 Å². The van der Waals surface area contributed by atoms with Gasteiger partial charge in [-0.25, -0.2) is 0 Å². The summed E-state index contributed by atoms with van der Waals surface area (Å²) < 4.78 is 0. The van der Waals surface area contributed by atoms with Crippen molar-refractivity contribution >= 4 is 23.2 Å². The quantitative estimate of drug-likeness (QED) is 0.845. The van der Waals surface area contributed by atoms with E-state index in [0.717, 1.165) is 40.9 Å². The SMILES string of the molecule is CCc1cccc(CC)c1NC(=O)Cc1ccc(NC(C)=O)cc1. The van der Waals surface area contributed by atoms with Gasteiger partial charge in [-0.05, 0) is 41.7 Å². The van der Waals surface area contributed by atoms with Gasteiger partial charge < -0.3 is 10.6 Å². The summed E-state index contributed by atoms with van der Waals surface area (Å²) >= 11 is 0. The maximum atomic E-state index is 12.4. The van der Waals surface area contributed by atoms with Crippen LogP contribution in [0.1, 0.15) is 37.5 Å². The summed E-state index contributed by atoms with van der Waals surface area (Å²) in [5.74, 6) is -0.137. The Labute approximate surface area is 143 Å². The number of hydrogen-bond acceptors (Lipinski definition) is 2. The number of benzene rings is 2. The topological polar surface area (TPSA) is 58.2 Å². The molecule has 2 aromatic carbocycles. The Hall–Kier alpha value is -2.62. The summed E-state index contributed by atoms with van der Waals surface area (Å²) in [4.78, 5) is 23.4. The zero-order valence-electron chi connectivity index (χ0n) is 14.5. The van der Waals surface area contributed by atoms with Crippen molar-refractivity contribution in [2.75, 3.05) is 10.6 Å². The van der Waals surface area contributed by atoms with Gasteiger partial charge in [0.15, 0.2) is 0 Å². The van der Waals surface area contributed by atoms with Crippen molar-refractivity contribution in [1.29, 1.82) is 0 Å². The van der Waals surface area contributed by atoms with Gasteiger partial charge in [-0.2, -0.15) is 0 Å². The number of aryl methyl sites for hydroxylation is 2. The van der Waals surface area contributed by atoms with Crippen molar-refractivity contribution in [3.05, 3.63) is 59.2 Å². The lowest BCUT2D eigenvalue weighted by atomic mass is 10.0. The summed E-state index contributed by atoms with van der Waals surface area (Å²) in [7, 11) is 0. The highest BCUT2D eigenvalue weighted by atomic mass is 16.2. The molecule has 0 unspecified atom stereocenters. The van der Waals surface area contributed by atoms with Gasteiger partial charge in [0.05, 0.1) is 6.42 Å². The Balaban J connectivity index is 2.07. The molecule has 0 bridgehead atoms. The van der Waals surface area contributed by atoms with Crippen molar-refractivity contribution < 1.29 is 9.59 Å². The molecule has 2 amide bonds. The molecule has 4 heteroatoms. The minimum atomic E-state index is -0.108. The van der Waals surface area contributed by atoms with Crippen molar-refractivity contribution in [1.82, 2.24) is 0 Å². The average Bonchev–Trinajstić information content (AvgIpc) is 2.56. The summed E-state index contributed by atoms with van der Waals surface area (Å²) in [5, 5.41) is 5.78. The fourth-order valence-electron chi connectivity index (χ4n) is 2.68. The molecule has 4 nitrogen and oxygen atoms in total. The van der Waals surface area contributed by atoms with Crippen LogP contribution in [0.15, 0.2) is 42.5 Å². The van der Waals surface area contributed by atoms with Crippen LogP contribution in [0.25, 0.3) is 0 Å². The summed E-state index contributed by atoms with van der Waals surface area (Å²) in [6, 6.07) is 13.5. The fourth-order valence-corrected chi connectivity index (χ4v) is 2.68. The van der Waals surface area contributed by atoms with E-state index >= 15 is 0 Å². The Morgan fingerprint density at radius 3 is 1.96 bits per heavy atom. The number of nitrogens with one attached hydrogen (secondary N) is 2. The predicted octanol–water partition coefficient (Wildman–Crippen LogP) is 3.95. The molecule has 0 fully saturated rings. The predicted molar refractivity (Wildman–Crippen MR) is 98.3 cm³/mol. The normalized spacial score (nSPS) is 10.3. The van der Waals surface area contributed by atoms with E-state index in [-0.39, 0.29) is 11.8 Å². The zero-order valence-corrected chi connectivity index (χ0v) is 14.5. The molecule has 2 rings (SSSR count). The molecule has 0 aliphatic heterocycles. The molecule has 2 N–H and O–H groups in total. The van der Waals surface area contributed by atoms with E-state index in [4.69, 9.17) is 0 Å². The van der Waals surface area contributed by atoms with Gasteiger partial charge in [0.1, 0.15) is 0 Å². The van der Waals surface area contributed by atoms with Gasteiger partial charge in [-0.1, -0.05) is 44.2 Å². The second kappa shape index (κ2) is 8.29. The molecule has 126 valence electrons. The lowest BCUT2D eigenvalue weighted by Crippen LogP contribution is -2.17. The molecular formula is C20H24N2O2. The number of hydrogen-bond donors (Lipinski definition) is 2. The van der Waals surface area contributed by atoms with Gasteiger partial charge in [0, 0.05) is 18.3 Å². The highest BCUT2D eigenvalue weighted by Crippen LogP contribution is 2.23. The van der Waals surface area contributed by atoms with Crippen molar-refractivity contribution in [2.45, 2.75) is 40.0 Å². The Morgan fingerprint density at radius 1 is 0.875 bits per heavy atom. The van der Waals surface area contributed by atoms with Gasteiger partial charge in [0.25, 0.3) is 0 Å². The number of rotatable bonds is 6. The van der Waals surface area contributed by atoms with E-state index in [1.54, 1.807) is 0 Å². The fraction of sp³-hybridized carbons (Fsp3) is 0.300. The average molecular weight is 324 g/mol. The van der Waals surface area contributed by atoms with Crippen LogP contribution in [0.3, 0.4) is 0 Å². The monoisotopic (exact) mass is 324 g/mol. The summed E-state index contributed by atoms with van der Waals surface area (Å²) in [5.41, 5.74) is 4.90. The van der Waals surface area contributed by atoms with Crippen LogP contribution in [0.4, 0.5) is 11.4 Å². The largest absolute Gasteiger partial charge is 0.326 e. The molecule has 0 heterocycles. The number of amides is 2. The molecular weight excluding hydrogens is 300 g/mol. The standard InChI is InChI=1S/C20H24N2O2/c1-4-16-7-6-8-17(5-2)20(16)22-19(24)13-15-9-11-18(12-10-15)21-14(3)23/h6-12H,4-5,13H2,1-3H3,(H,21,23)(H,22,24). The molecule has 24 heavy (non-hydrogen) atoms. The van der Waals surface area contributed by atoms with E-state index in [9.17, 15) is 9.59 Å². The molecule has 0 radical (unpaired) electrons. The van der Waals surface area contributed by atoms with Crippen LogP contribution in [0.2, 0.25) is 0 Å². The number of anilines is 2. The molecule has 0 atom stereocenters. The number of carbonyl (C=O) groups excluding carboxylic acids is 2. The van der Waals surface area contributed by atoms with Crippen LogP contribution < -0.4 is 10.6 Å². The molecule has 0 aliphatic rings. The van der Waals surface area contributed by atoms with E-state index in [2.05, 4.69) is 36.6 Å². The lowest BCUT2D eigenvalue weighted by molar-refractivity contribution is -0.116. The summed E-state index contributed by atoms with van der Waals surface area (Å²) in [6.45, 7) is 5.65. The Bertz CT molecular complexity index is 699. The maximum Gasteiger partial charge on any atom is 0.228 e. The van der Waals surface area contributed by atoms with Crippen LogP contribution in [-0.4, -0.2) is 11.8 Å². The Kier molecular flexibility index (Phi) is 6.13. The maximum absolute atomic E-state index is 12.4. The van der Waals surface area contributed by atoms with Crippen molar-refractivity contribution in [2.24, 2.45) is 0 Å². The van der Waals surface area contributed by atoms with Crippen LogP contribution in [0, 0.1) is 0 Å². The first-order valence-corrected chi connectivity index (χ1v) is 8.30. The van der Waals surface area contributed by atoms with Gasteiger partial charge in [-0.15, -0.1) is 0 Å². The molecule has 0 aliphatic carbocycles. The third-order valence-corrected chi connectivity index (χ3v) is 3.90. The molecule has 0 saturated carbocycles. The van der Waals surface area contributed by atoms with Crippen LogP contribution in [-0.2, 0) is 28.9 Å². The summed E-state index contributed by atoms with van der Waals surface area (Å²) in [6.07, 6.45) is 2.07. The van der Waals surface area contributed by atoms with Crippen LogP contribution in [0.5, 0.6) is 0 Å². The molecule has 0 saturated heterocycles. The van der Waals surface area contributed by atoms with Crippen molar-refractivity contribution in [3.8, 4) is 0 Å². The van der Waals surface area contributed by atoms with Gasteiger partial charge >= 0.3 is 0 Å². The van der Waals surface area contributed by atoms with Crippen molar-refractivity contribution in [3.63, 3.8) is 0 Å². The Morgan fingerprint density at radius 2 is 1.46 bits per heavy atom. The van der Waals surface area contributed by atoms with E-state index < -0.39 is 0 Å². The third-order valence-electron chi connectivity index (χ3n) is 3.90. The molecule has 2 aromatic rings. The first-order valence-electron chi connectivity index (χ1n) is 8.30. The number of para-hydroxylation sites is 1. The van der Waals surface area contributed by atoms with Crippen LogP contribution >= 0.6 is 0 Å². The van der Waals surface area contributed by atoms with Gasteiger partial charge in [-0.3, -0.25) is 9.59 Å². The highest BCUT2D eigenvalue weighted by molar-refractivity contribution is 5.94. The smallest absolute Gasteiger partial charge is 0.228 e. The van der Waals surface area contributed by atoms with E-state index in [0.29, 0.717) is 6.42 Å². The number of carbonyl (C=O) groups is 2. The second-order valence-electron chi connectivity index (χ2n) is 5.76.